The predicted molar refractivity (Wildman–Crippen MR) is 138 cm³/mol. The van der Waals surface area contributed by atoms with E-state index in [4.69, 9.17) is 16.7 Å². The second-order valence-corrected chi connectivity index (χ2v) is 9.81. The van der Waals surface area contributed by atoms with Crippen LogP contribution in [0.4, 0.5) is 0 Å². The van der Waals surface area contributed by atoms with Crippen LogP contribution >= 0.6 is 11.6 Å². The second-order valence-electron chi connectivity index (χ2n) is 9.40. The quantitative estimate of drug-likeness (QED) is 0.386. The number of aromatic nitrogens is 6. The van der Waals surface area contributed by atoms with Crippen LogP contribution in [0.5, 0.6) is 0 Å². The molecule has 2 aromatic heterocycles. The normalized spacial score (nSPS) is 18.2. The lowest BCUT2D eigenvalue weighted by atomic mass is 9.93. The molecule has 0 spiro atoms. The molecular formula is C27H25ClN6O2. The molecule has 36 heavy (non-hydrogen) atoms. The molecule has 2 atom stereocenters. The van der Waals surface area contributed by atoms with Crippen LogP contribution in [0.15, 0.2) is 59.7 Å². The molecule has 1 N–H and O–H groups in total. The number of aryl methyl sites for hydroxylation is 1. The van der Waals surface area contributed by atoms with Crippen molar-refractivity contribution >= 4 is 22.5 Å². The minimum Gasteiger partial charge on any atom is -0.391 e. The van der Waals surface area contributed by atoms with Gasteiger partial charge in [-0.05, 0) is 49.6 Å². The van der Waals surface area contributed by atoms with Crippen molar-refractivity contribution in [2.45, 2.75) is 51.3 Å². The summed E-state index contributed by atoms with van der Waals surface area (Å²) in [5, 5.41) is 21.2. The van der Waals surface area contributed by atoms with E-state index < -0.39 is 6.10 Å². The molecule has 1 saturated carbocycles. The van der Waals surface area contributed by atoms with Crippen LogP contribution in [-0.2, 0) is 6.54 Å². The van der Waals surface area contributed by atoms with Gasteiger partial charge < -0.3 is 5.11 Å². The van der Waals surface area contributed by atoms with E-state index in [2.05, 4.69) is 15.1 Å². The molecule has 0 radical (unpaired) electrons. The molecule has 0 amide bonds. The molecule has 182 valence electrons. The maximum atomic E-state index is 13.4. The Kier molecular flexibility index (Phi) is 5.78. The molecule has 0 unspecified atom stereocenters. The van der Waals surface area contributed by atoms with Crippen molar-refractivity contribution in [2.24, 2.45) is 0 Å². The van der Waals surface area contributed by atoms with E-state index in [1.54, 1.807) is 16.9 Å². The van der Waals surface area contributed by atoms with Crippen molar-refractivity contribution < 1.29 is 5.11 Å². The van der Waals surface area contributed by atoms with E-state index in [1.807, 2.05) is 49.5 Å². The van der Waals surface area contributed by atoms with Gasteiger partial charge in [0.05, 0.1) is 34.9 Å². The van der Waals surface area contributed by atoms with E-state index in [0.29, 0.717) is 29.2 Å². The maximum absolute atomic E-state index is 13.4. The number of aliphatic hydroxyl groups is 1. The van der Waals surface area contributed by atoms with Crippen molar-refractivity contribution in [1.29, 1.82) is 0 Å². The van der Waals surface area contributed by atoms with Gasteiger partial charge in [0.2, 0.25) is 0 Å². The highest BCUT2D eigenvalue weighted by molar-refractivity contribution is 6.35. The molecule has 3 aromatic rings. The SMILES string of the molecule is Cc1ccc(-c2ccc(Cn3nc4c(=O)n([C@H]5CCCC[C@@H]5O)nc-4c4cccc(Cl)c43)cn2)cn1. The summed E-state index contributed by atoms with van der Waals surface area (Å²) < 4.78 is 3.17. The van der Waals surface area contributed by atoms with Crippen molar-refractivity contribution in [2.75, 3.05) is 0 Å². The summed E-state index contributed by atoms with van der Waals surface area (Å²) in [6, 6.07) is 13.1. The Morgan fingerprint density at radius 1 is 1.00 bits per heavy atom. The van der Waals surface area contributed by atoms with E-state index in [0.717, 1.165) is 47.2 Å². The monoisotopic (exact) mass is 500 g/mol. The van der Waals surface area contributed by atoms with Crippen LogP contribution in [0, 0.1) is 6.92 Å². The maximum Gasteiger partial charge on any atom is 0.297 e. The fraction of sp³-hybridized carbons (Fsp3) is 0.296. The number of nitrogens with zero attached hydrogens (tertiary/aromatic N) is 6. The van der Waals surface area contributed by atoms with E-state index in [9.17, 15) is 9.90 Å². The second kappa shape index (κ2) is 9.11. The number of pyridine rings is 2. The third-order valence-electron chi connectivity index (χ3n) is 6.94. The van der Waals surface area contributed by atoms with Gasteiger partial charge in [-0.25, -0.2) is 4.68 Å². The molecule has 1 fully saturated rings. The average molecular weight is 501 g/mol. The van der Waals surface area contributed by atoms with E-state index >= 15 is 0 Å². The van der Waals surface area contributed by atoms with Crippen LogP contribution in [0.3, 0.4) is 0 Å². The molecule has 4 heterocycles. The zero-order valence-electron chi connectivity index (χ0n) is 19.8. The zero-order valence-corrected chi connectivity index (χ0v) is 20.6. The summed E-state index contributed by atoms with van der Waals surface area (Å²) in [6.07, 6.45) is 6.33. The molecule has 6 rings (SSSR count). The van der Waals surface area contributed by atoms with Crippen LogP contribution in [0.2, 0.25) is 5.02 Å². The smallest absolute Gasteiger partial charge is 0.297 e. The van der Waals surface area contributed by atoms with E-state index in [1.165, 1.54) is 4.68 Å². The summed E-state index contributed by atoms with van der Waals surface area (Å²) in [6.45, 7) is 2.33. The van der Waals surface area contributed by atoms with Crippen LogP contribution in [0.25, 0.3) is 33.5 Å². The van der Waals surface area contributed by atoms with Crippen molar-refractivity contribution in [3.8, 4) is 22.6 Å². The summed E-state index contributed by atoms with van der Waals surface area (Å²) in [5.74, 6) is 0. The standard InChI is InChI=1S/C27H25ClN6O2/c1-16-9-11-18(14-29-16)21-12-10-17(13-30-21)15-33-26-19(5-4-6-20(26)28)24-25(31-33)27(36)34(32-24)22-7-2-3-8-23(22)35/h4-6,9-14,22-23,35H,2-3,7-8,15H2,1H3/t22-,23-/m0/s1. The number of halogens is 1. The van der Waals surface area contributed by atoms with Crippen LogP contribution in [0.1, 0.15) is 43.0 Å². The lowest BCUT2D eigenvalue weighted by Crippen LogP contribution is -2.33. The molecule has 3 aliphatic rings. The fourth-order valence-corrected chi connectivity index (χ4v) is 5.29. The summed E-state index contributed by atoms with van der Waals surface area (Å²) in [4.78, 5) is 22.4. The number of hydrogen-bond donors (Lipinski definition) is 1. The van der Waals surface area contributed by atoms with Gasteiger partial charge in [0, 0.05) is 29.0 Å². The first-order chi connectivity index (χ1) is 17.5. The first kappa shape index (κ1) is 22.8. The molecule has 2 aliphatic heterocycles. The molecule has 1 aliphatic carbocycles. The minimum absolute atomic E-state index is 0.276. The number of fused-ring (bicyclic) bond motifs is 3. The van der Waals surface area contributed by atoms with E-state index in [-0.39, 0.29) is 17.3 Å². The number of para-hydroxylation sites is 1. The Morgan fingerprint density at radius 3 is 2.61 bits per heavy atom. The Labute approximate surface area is 212 Å². The van der Waals surface area contributed by atoms with Gasteiger partial charge in [-0.15, -0.1) is 0 Å². The van der Waals surface area contributed by atoms with Crippen molar-refractivity contribution in [1.82, 2.24) is 29.5 Å². The molecule has 0 bridgehead atoms. The minimum atomic E-state index is -0.587. The first-order valence-electron chi connectivity index (χ1n) is 12.1. The average Bonchev–Trinajstić information content (AvgIpc) is 3.21. The first-order valence-corrected chi connectivity index (χ1v) is 12.5. The Bertz CT molecular complexity index is 1580. The van der Waals surface area contributed by atoms with Gasteiger partial charge >= 0.3 is 0 Å². The number of aliphatic hydroxyl groups excluding tert-OH is 1. The molecule has 0 saturated heterocycles. The highest BCUT2D eigenvalue weighted by atomic mass is 35.5. The van der Waals surface area contributed by atoms with Crippen LogP contribution < -0.4 is 5.56 Å². The van der Waals surface area contributed by atoms with Crippen molar-refractivity contribution in [3.63, 3.8) is 0 Å². The zero-order chi connectivity index (χ0) is 24.8. The van der Waals surface area contributed by atoms with Crippen molar-refractivity contribution in [3.05, 3.63) is 81.5 Å². The number of benzene rings is 1. The molecular weight excluding hydrogens is 476 g/mol. The topological polar surface area (TPSA) is 98.7 Å². The lowest BCUT2D eigenvalue weighted by molar-refractivity contribution is 0.0681. The fourth-order valence-electron chi connectivity index (χ4n) is 5.02. The largest absolute Gasteiger partial charge is 0.391 e. The molecule has 1 aromatic carbocycles. The third-order valence-corrected chi connectivity index (χ3v) is 7.24. The summed E-state index contributed by atoms with van der Waals surface area (Å²) >= 11 is 6.63. The van der Waals surface area contributed by atoms with Gasteiger partial charge in [-0.3, -0.25) is 19.4 Å². The lowest BCUT2D eigenvalue weighted by Gasteiger charge is -2.26. The number of rotatable bonds is 4. The summed E-state index contributed by atoms with van der Waals surface area (Å²) in [7, 11) is 0. The highest BCUT2D eigenvalue weighted by Gasteiger charge is 2.31. The van der Waals surface area contributed by atoms with Crippen LogP contribution in [-0.4, -0.2) is 40.7 Å². The Balaban J connectivity index is 1.43. The summed E-state index contributed by atoms with van der Waals surface area (Å²) in [5.41, 5.74) is 4.84. The predicted octanol–water partition coefficient (Wildman–Crippen LogP) is 4.64. The van der Waals surface area contributed by atoms with Gasteiger partial charge in [-0.1, -0.05) is 42.6 Å². The Morgan fingerprint density at radius 2 is 1.86 bits per heavy atom. The molecule has 9 heteroatoms. The Hall–Kier alpha value is -3.62. The van der Waals surface area contributed by atoms with Gasteiger partial charge in [0.25, 0.3) is 5.56 Å². The van der Waals surface area contributed by atoms with Gasteiger partial charge in [-0.2, -0.15) is 10.2 Å². The van der Waals surface area contributed by atoms with Gasteiger partial charge in [0.1, 0.15) is 5.69 Å². The highest BCUT2D eigenvalue weighted by Crippen LogP contribution is 2.33. The number of hydrogen-bond acceptors (Lipinski definition) is 6. The van der Waals surface area contributed by atoms with Gasteiger partial charge in [0.15, 0.2) is 5.69 Å². The third kappa shape index (κ3) is 3.96. The molecule has 8 nitrogen and oxygen atoms in total.